The fraction of sp³-hybridized carbons (Fsp3) is 0.480. The van der Waals surface area contributed by atoms with Crippen molar-refractivity contribution < 1.29 is 19.0 Å². The molecule has 6 heteroatoms. The maximum absolute atomic E-state index is 12.0. The topological polar surface area (TPSA) is 96.8 Å². The first-order valence-electron chi connectivity index (χ1n) is 11.2. The lowest BCUT2D eigenvalue weighted by molar-refractivity contribution is -0.136. The first kappa shape index (κ1) is 22.9. The quantitative estimate of drug-likeness (QED) is 0.176. The Morgan fingerprint density at radius 3 is 2.45 bits per heavy atom. The standard InChI is InChI=1S/C25H34N2O4/c1-2-3-18-4-6-19(7-5-18)20-8-11-22(12-9-20)31-25(28)14-15-29-17-30-24-13-10-21(26)16-23(24)27/h8-13,16,18-19H,2-7,14-15,17,26-27H2,1H3. The van der Waals surface area contributed by atoms with Crippen LogP contribution in [0.5, 0.6) is 11.5 Å². The van der Waals surface area contributed by atoms with Crippen LogP contribution in [0.4, 0.5) is 11.4 Å². The minimum atomic E-state index is -0.333. The number of esters is 1. The molecule has 1 aliphatic carbocycles. The number of carbonyl (C=O) groups excluding carboxylic acids is 1. The van der Waals surface area contributed by atoms with Crippen molar-refractivity contribution in [1.29, 1.82) is 0 Å². The third kappa shape index (κ3) is 7.17. The molecule has 0 bridgehead atoms. The van der Waals surface area contributed by atoms with Crippen LogP contribution >= 0.6 is 0 Å². The summed E-state index contributed by atoms with van der Waals surface area (Å²) in [7, 11) is 0. The van der Waals surface area contributed by atoms with Crippen LogP contribution in [0.1, 0.15) is 63.4 Å². The molecule has 3 rings (SSSR count). The molecule has 0 heterocycles. The van der Waals surface area contributed by atoms with E-state index in [-0.39, 0.29) is 25.8 Å². The van der Waals surface area contributed by atoms with E-state index in [2.05, 4.69) is 19.1 Å². The van der Waals surface area contributed by atoms with Crippen LogP contribution in [-0.2, 0) is 9.53 Å². The Kier molecular flexibility index (Phi) is 8.59. The molecule has 0 spiro atoms. The van der Waals surface area contributed by atoms with Gasteiger partial charge in [-0.15, -0.1) is 0 Å². The third-order valence-electron chi connectivity index (χ3n) is 5.91. The van der Waals surface area contributed by atoms with E-state index in [0.717, 1.165) is 5.92 Å². The van der Waals surface area contributed by atoms with Crippen LogP contribution < -0.4 is 20.9 Å². The molecule has 0 radical (unpaired) electrons. The monoisotopic (exact) mass is 426 g/mol. The lowest BCUT2D eigenvalue weighted by Crippen LogP contribution is -2.14. The average molecular weight is 427 g/mol. The van der Waals surface area contributed by atoms with Gasteiger partial charge in [0.05, 0.1) is 18.7 Å². The summed E-state index contributed by atoms with van der Waals surface area (Å²) in [5, 5.41) is 0. The SMILES string of the molecule is CCCC1CCC(c2ccc(OC(=O)CCOCOc3ccc(N)cc3N)cc2)CC1. The zero-order valence-electron chi connectivity index (χ0n) is 18.3. The maximum Gasteiger partial charge on any atom is 0.313 e. The minimum absolute atomic E-state index is 0.00338. The lowest BCUT2D eigenvalue weighted by atomic mass is 9.77. The molecule has 6 nitrogen and oxygen atoms in total. The fourth-order valence-corrected chi connectivity index (χ4v) is 4.20. The van der Waals surface area contributed by atoms with E-state index in [1.807, 2.05) is 12.1 Å². The van der Waals surface area contributed by atoms with Gasteiger partial charge in [0.15, 0.2) is 6.79 Å². The second-order valence-electron chi connectivity index (χ2n) is 8.27. The van der Waals surface area contributed by atoms with Crippen LogP contribution in [0.3, 0.4) is 0 Å². The number of carbonyl (C=O) groups is 1. The second kappa shape index (κ2) is 11.6. The average Bonchev–Trinajstić information content (AvgIpc) is 2.76. The largest absolute Gasteiger partial charge is 0.465 e. The fourth-order valence-electron chi connectivity index (χ4n) is 4.20. The summed E-state index contributed by atoms with van der Waals surface area (Å²) >= 11 is 0. The van der Waals surface area contributed by atoms with Gasteiger partial charge in [0.25, 0.3) is 0 Å². The smallest absolute Gasteiger partial charge is 0.313 e. The molecule has 2 aromatic carbocycles. The summed E-state index contributed by atoms with van der Waals surface area (Å²) < 4.78 is 16.2. The van der Waals surface area contributed by atoms with Crippen LogP contribution in [0.15, 0.2) is 42.5 Å². The number of ether oxygens (including phenoxy) is 3. The molecule has 1 saturated carbocycles. The highest BCUT2D eigenvalue weighted by atomic mass is 16.7. The molecule has 0 atom stereocenters. The van der Waals surface area contributed by atoms with Gasteiger partial charge in [-0.2, -0.15) is 0 Å². The number of nitrogen functional groups attached to an aromatic ring is 2. The second-order valence-corrected chi connectivity index (χ2v) is 8.27. The molecule has 1 fully saturated rings. The van der Waals surface area contributed by atoms with Gasteiger partial charge in [0, 0.05) is 5.69 Å². The number of rotatable bonds is 10. The minimum Gasteiger partial charge on any atom is -0.465 e. The Bertz CT molecular complexity index is 830. The molecular formula is C25H34N2O4. The zero-order chi connectivity index (χ0) is 22.1. The van der Waals surface area contributed by atoms with Crippen molar-refractivity contribution in [1.82, 2.24) is 0 Å². The predicted octanol–water partition coefficient (Wildman–Crippen LogP) is 5.27. The Morgan fingerprint density at radius 1 is 1.03 bits per heavy atom. The maximum atomic E-state index is 12.0. The Morgan fingerprint density at radius 2 is 1.77 bits per heavy atom. The first-order chi connectivity index (χ1) is 15.0. The van der Waals surface area contributed by atoms with Crippen LogP contribution in [0.25, 0.3) is 0 Å². The van der Waals surface area contributed by atoms with Gasteiger partial charge >= 0.3 is 5.97 Å². The summed E-state index contributed by atoms with van der Waals surface area (Å²) in [4.78, 5) is 12.0. The number of benzene rings is 2. The highest BCUT2D eigenvalue weighted by Gasteiger charge is 2.21. The van der Waals surface area contributed by atoms with Gasteiger partial charge in [0.2, 0.25) is 0 Å². The van der Waals surface area contributed by atoms with Crippen molar-refractivity contribution in [2.75, 3.05) is 24.9 Å². The van der Waals surface area contributed by atoms with Crippen molar-refractivity contribution in [2.24, 2.45) is 5.92 Å². The van der Waals surface area contributed by atoms with Gasteiger partial charge in [0.1, 0.15) is 11.5 Å². The van der Waals surface area contributed by atoms with Gasteiger partial charge in [-0.25, -0.2) is 0 Å². The van der Waals surface area contributed by atoms with Gasteiger partial charge < -0.3 is 25.7 Å². The molecule has 31 heavy (non-hydrogen) atoms. The molecule has 0 unspecified atom stereocenters. The molecule has 168 valence electrons. The highest BCUT2D eigenvalue weighted by Crippen LogP contribution is 2.37. The molecule has 0 saturated heterocycles. The van der Waals surface area contributed by atoms with E-state index in [4.69, 9.17) is 25.7 Å². The normalized spacial score (nSPS) is 18.5. The first-order valence-corrected chi connectivity index (χ1v) is 11.2. The highest BCUT2D eigenvalue weighted by molar-refractivity contribution is 5.72. The number of hydrogen-bond acceptors (Lipinski definition) is 6. The van der Waals surface area contributed by atoms with Gasteiger partial charge in [-0.3, -0.25) is 4.79 Å². The van der Waals surface area contributed by atoms with E-state index < -0.39 is 0 Å². The number of hydrogen-bond donors (Lipinski definition) is 2. The van der Waals surface area contributed by atoms with Gasteiger partial charge in [-0.1, -0.05) is 31.9 Å². The summed E-state index contributed by atoms with van der Waals surface area (Å²) in [6, 6.07) is 13.0. The van der Waals surface area contributed by atoms with E-state index in [9.17, 15) is 4.79 Å². The Labute approximate surface area is 184 Å². The summed E-state index contributed by atoms with van der Waals surface area (Å²) in [6.45, 7) is 2.47. The number of nitrogens with two attached hydrogens (primary N) is 2. The van der Waals surface area contributed by atoms with Crippen LogP contribution in [0, 0.1) is 5.92 Å². The molecule has 4 N–H and O–H groups in total. The Hall–Kier alpha value is -2.73. The lowest BCUT2D eigenvalue weighted by Gasteiger charge is -2.28. The van der Waals surface area contributed by atoms with Crippen molar-refractivity contribution >= 4 is 17.3 Å². The molecule has 2 aromatic rings. The molecule has 1 aliphatic rings. The van der Waals surface area contributed by atoms with Crippen molar-refractivity contribution in [2.45, 2.75) is 57.8 Å². The predicted molar refractivity (Wildman–Crippen MR) is 123 cm³/mol. The number of anilines is 2. The summed E-state index contributed by atoms with van der Waals surface area (Å²) in [5.74, 6) is 2.26. The zero-order valence-corrected chi connectivity index (χ0v) is 18.3. The van der Waals surface area contributed by atoms with Crippen molar-refractivity contribution in [3.63, 3.8) is 0 Å². The van der Waals surface area contributed by atoms with E-state index in [0.29, 0.717) is 28.8 Å². The van der Waals surface area contributed by atoms with Crippen LogP contribution in [-0.4, -0.2) is 19.4 Å². The Balaban J connectivity index is 1.34. The molecule has 0 amide bonds. The van der Waals surface area contributed by atoms with Gasteiger partial charge in [-0.05, 0) is 73.4 Å². The van der Waals surface area contributed by atoms with Crippen LogP contribution in [0.2, 0.25) is 0 Å². The summed E-state index contributed by atoms with van der Waals surface area (Å²) in [6.07, 6.45) is 7.94. The molecule has 0 aliphatic heterocycles. The molecular weight excluding hydrogens is 392 g/mol. The van der Waals surface area contributed by atoms with Crippen molar-refractivity contribution in [3.05, 3.63) is 48.0 Å². The van der Waals surface area contributed by atoms with E-state index in [1.165, 1.54) is 44.1 Å². The third-order valence-corrected chi connectivity index (χ3v) is 5.91. The summed E-state index contributed by atoms with van der Waals surface area (Å²) in [5.41, 5.74) is 13.8. The van der Waals surface area contributed by atoms with E-state index >= 15 is 0 Å². The van der Waals surface area contributed by atoms with Crippen molar-refractivity contribution in [3.8, 4) is 11.5 Å². The van der Waals surface area contributed by atoms with E-state index in [1.54, 1.807) is 18.2 Å². The molecule has 0 aromatic heterocycles.